The molecule has 9 heteroatoms. The summed E-state index contributed by atoms with van der Waals surface area (Å²) in [6.45, 7) is 4.55. The maximum Gasteiger partial charge on any atom is 0.306 e. The van der Waals surface area contributed by atoms with Gasteiger partial charge in [0.05, 0.1) is 40.3 Å². The van der Waals surface area contributed by atoms with Crippen molar-refractivity contribution < 1.29 is 42.9 Å². The molecule has 0 bridgehead atoms. The molecule has 9 nitrogen and oxygen atoms in total. The topological polar surface area (TPSA) is 111 Å². The van der Waals surface area contributed by atoms with Gasteiger partial charge in [0.25, 0.3) is 0 Å². The summed E-state index contributed by atoms with van der Waals surface area (Å²) in [6, 6.07) is 0. The number of aliphatic carboxylic acids is 1. The number of esters is 2. The van der Waals surface area contributed by atoms with Gasteiger partial charge in [0.15, 0.2) is 12.4 Å². The summed E-state index contributed by atoms with van der Waals surface area (Å²) in [5.74, 6) is -2.38. The predicted molar refractivity (Wildman–Crippen MR) is 334 cm³/mol. The number of hydrogen-bond acceptors (Lipinski definition) is 8. The van der Waals surface area contributed by atoms with Gasteiger partial charge in [-0.2, -0.15) is 0 Å². The zero-order chi connectivity index (χ0) is 57.6. The van der Waals surface area contributed by atoms with Gasteiger partial charge in [-0.1, -0.05) is 286 Å². The first kappa shape index (κ1) is 75.7. The molecule has 458 valence electrons. The molecule has 0 amide bonds. The Kier molecular flexibility index (Phi) is 58.3. The van der Waals surface area contributed by atoms with E-state index in [2.05, 4.69) is 74.6 Å². The Labute approximate surface area is 487 Å². The van der Waals surface area contributed by atoms with E-state index in [-0.39, 0.29) is 38.6 Å². The van der Waals surface area contributed by atoms with Crippen LogP contribution in [0.1, 0.15) is 296 Å². The van der Waals surface area contributed by atoms with Crippen molar-refractivity contribution in [2.24, 2.45) is 0 Å². The number of ether oxygens (including phenoxy) is 4. The third kappa shape index (κ3) is 62.2. The molecule has 0 aliphatic carbocycles. The molecule has 0 aromatic carbocycles. The molecular formula is C70H125NO8. The van der Waals surface area contributed by atoms with E-state index >= 15 is 0 Å². The smallest absolute Gasteiger partial charge is 0.306 e. The van der Waals surface area contributed by atoms with Crippen LogP contribution in [0.4, 0.5) is 0 Å². The molecule has 0 N–H and O–H groups in total. The fourth-order valence-electron chi connectivity index (χ4n) is 9.41. The maximum atomic E-state index is 12.8. The largest absolute Gasteiger partial charge is 0.545 e. The lowest BCUT2D eigenvalue weighted by Gasteiger charge is -2.26. The summed E-state index contributed by atoms with van der Waals surface area (Å²) in [4.78, 5) is 37.2. The van der Waals surface area contributed by atoms with Crippen molar-refractivity contribution in [1.82, 2.24) is 0 Å². The molecule has 0 aliphatic rings. The monoisotopic (exact) mass is 1110 g/mol. The van der Waals surface area contributed by atoms with Crippen molar-refractivity contribution in [2.45, 2.75) is 309 Å². The van der Waals surface area contributed by atoms with Gasteiger partial charge in [-0.15, -0.1) is 0 Å². The van der Waals surface area contributed by atoms with Crippen LogP contribution in [0.2, 0.25) is 0 Å². The standard InChI is InChI=1S/C70H125NO8/c1-6-8-10-12-14-16-18-20-21-22-23-24-25-26-27-28-29-30-31-32-33-34-35-36-37-38-39-40-41-42-43-44-45-46-47-49-50-52-54-56-58-60-67(72)77-64-66(65-78-70(69(74)75)76-63-62-71(3,4)5)79-68(73)61-59-57-55-53-51-48-19-17-15-13-11-9-7-2/h9,11,15,17-18,20,22-23,48,51,55,57,66,70H,6-8,10,12-14,16,19,21,24-47,49-50,52-54,56,58-65H2,1-5H3/b11-9-,17-15-,20-18-,23-22-,51-48-,57-55-. The molecular weight excluding hydrogens is 983 g/mol. The fraction of sp³-hybridized carbons (Fsp3) is 0.786. The summed E-state index contributed by atoms with van der Waals surface area (Å²) in [7, 11) is 5.90. The number of likely N-dealkylation sites (N-methyl/N-ethyl adjacent to an activating group) is 1. The van der Waals surface area contributed by atoms with Crippen molar-refractivity contribution >= 4 is 17.9 Å². The lowest BCUT2D eigenvalue weighted by Crippen LogP contribution is -2.44. The van der Waals surface area contributed by atoms with E-state index in [4.69, 9.17) is 18.9 Å². The molecule has 79 heavy (non-hydrogen) atoms. The molecule has 0 heterocycles. The first-order chi connectivity index (χ1) is 38.6. The van der Waals surface area contributed by atoms with E-state index in [9.17, 15) is 19.5 Å². The van der Waals surface area contributed by atoms with Crippen molar-refractivity contribution in [3.05, 3.63) is 72.9 Å². The average Bonchev–Trinajstić information content (AvgIpc) is 3.42. The molecule has 0 rings (SSSR count). The number of hydrogen-bond donors (Lipinski definition) is 0. The van der Waals surface area contributed by atoms with Crippen LogP contribution >= 0.6 is 0 Å². The van der Waals surface area contributed by atoms with E-state index in [1.54, 1.807) is 0 Å². The Morgan fingerprint density at radius 3 is 1.13 bits per heavy atom. The van der Waals surface area contributed by atoms with Crippen molar-refractivity contribution in [3.8, 4) is 0 Å². The minimum atomic E-state index is -1.64. The Morgan fingerprint density at radius 1 is 0.392 bits per heavy atom. The fourth-order valence-corrected chi connectivity index (χ4v) is 9.41. The van der Waals surface area contributed by atoms with E-state index in [0.29, 0.717) is 17.4 Å². The highest BCUT2D eigenvalue weighted by atomic mass is 16.7. The molecule has 0 aliphatic heterocycles. The lowest BCUT2D eigenvalue weighted by atomic mass is 10.0. The summed E-state index contributed by atoms with van der Waals surface area (Å²) < 4.78 is 22.6. The molecule has 0 saturated carbocycles. The normalized spacial score (nSPS) is 13.2. The SMILES string of the molecule is CC/C=C\C/C=C\C/C=C\C/C=C\CCC(=O)OC(COC(=O)CCCCCCCCCCCCCCCCCCCCCCCCCCCCCCC/C=C\C/C=C\CCCCCCC)COC(OCC[N+](C)(C)C)C(=O)[O-]. The second-order valence-electron chi connectivity index (χ2n) is 23.4. The van der Waals surface area contributed by atoms with E-state index in [1.165, 1.54) is 212 Å². The van der Waals surface area contributed by atoms with Gasteiger partial charge in [0, 0.05) is 12.8 Å². The number of quaternary nitrogens is 1. The number of carbonyl (C=O) groups is 3. The van der Waals surface area contributed by atoms with E-state index < -0.39 is 24.3 Å². The zero-order valence-corrected chi connectivity index (χ0v) is 52.2. The predicted octanol–water partition coefficient (Wildman–Crippen LogP) is 18.8. The summed E-state index contributed by atoms with van der Waals surface area (Å²) in [5.41, 5.74) is 0. The number of rotatable bonds is 61. The van der Waals surface area contributed by atoms with E-state index in [0.717, 1.165) is 51.4 Å². The highest BCUT2D eigenvalue weighted by molar-refractivity contribution is 5.70. The highest BCUT2D eigenvalue weighted by Gasteiger charge is 2.22. The Hall–Kier alpha value is -3.27. The molecule has 2 atom stereocenters. The van der Waals surface area contributed by atoms with Gasteiger partial charge in [0.2, 0.25) is 0 Å². The minimum absolute atomic E-state index is 0.126. The van der Waals surface area contributed by atoms with Crippen LogP contribution in [-0.4, -0.2) is 82.3 Å². The van der Waals surface area contributed by atoms with Crippen molar-refractivity contribution in [3.63, 3.8) is 0 Å². The van der Waals surface area contributed by atoms with Crippen LogP contribution in [-0.2, 0) is 33.3 Å². The third-order valence-corrected chi connectivity index (χ3v) is 14.5. The number of carboxylic acid groups (broad SMARTS) is 1. The van der Waals surface area contributed by atoms with Crippen LogP contribution in [0, 0.1) is 0 Å². The lowest BCUT2D eigenvalue weighted by molar-refractivity contribution is -0.870. The second kappa shape index (κ2) is 60.8. The van der Waals surface area contributed by atoms with Crippen LogP contribution < -0.4 is 5.11 Å². The molecule has 0 saturated heterocycles. The highest BCUT2D eigenvalue weighted by Crippen LogP contribution is 2.18. The summed E-state index contributed by atoms with van der Waals surface area (Å²) >= 11 is 0. The molecule has 0 fully saturated rings. The number of nitrogens with zero attached hydrogens (tertiary/aromatic N) is 1. The van der Waals surface area contributed by atoms with Crippen molar-refractivity contribution in [2.75, 3.05) is 47.5 Å². The van der Waals surface area contributed by atoms with Gasteiger partial charge in [-0.25, -0.2) is 0 Å². The number of carbonyl (C=O) groups excluding carboxylic acids is 3. The zero-order valence-electron chi connectivity index (χ0n) is 52.2. The number of allylic oxidation sites excluding steroid dienone is 12. The molecule has 0 aromatic heterocycles. The van der Waals surface area contributed by atoms with Crippen LogP contribution in [0.15, 0.2) is 72.9 Å². The number of carboxylic acids is 1. The van der Waals surface area contributed by atoms with Gasteiger partial charge >= 0.3 is 11.9 Å². The van der Waals surface area contributed by atoms with Crippen LogP contribution in [0.3, 0.4) is 0 Å². The molecule has 0 aromatic rings. The summed E-state index contributed by atoms with van der Waals surface area (Å²) in [6.07, 6.45) is 77.6. The van der Waals surface area contributed by atoms with Crippen LogP contribution in [0.5, 0.6) is 0 Å². The van der Waals surface area contributed by atoms with Gasteiger partial charge in [-0.05, 0) is 70.6 Å². The van der Waals surface area contributed by atoms with Gasteiger partial charge in [0.1, 0.15) is 13.2 Å². The third-order valence-electron chi connectivity index (χ3n) is 14.5. The van der Waals surface area contributed by atoms with Crippen LogP contribution in [0.25, 0.3) is 0 Å². The Morgan fingerprint density at radius 2 is 0.747 bits per heavy atom. The Bertz CT molecular complexity index is 1520. The summed E-state index contributed by atoms with van der Waals surface area (Å²) in [5, 5.41) is 11.8. The molecule has 0 spiro atoms. The quantitative estimate of drug-likeness (QED) is 0.0195. The molecule has 0 radical (unpaired) electrons. The van der Waals surface area contributed by atoms with Gasteiger partial charge in [-0.3, -0.25) is 9.59 Å². The first-order valence-electron chi connectivity index (χ1n) is 33.1. The number of unbranched alkanes of at least 4 members (excludes halogenated alkanes) is 34. The van der Waals surface area contributed by atoms with E-state index in [1.807, 2.05) is 33.3 Å². The maximum absolute atomic E-state index is 12.8. The van der Waals surface area contributed by atoms with Gasteiger partial charge < -0.3 is 33.3 Å². The average molecular weight is 1110 g/mol. The molecule has 2 unspecified atom stereocenters. The van der Waals surface area contributed by atoms with Crippen molar-refractivity contribution in [1.29, 1.82) is 0 Å². The second-order valence-corrected chi connectivity index (χ2v) is 23.4. The first-order valence-corrected chi connectivity index (χ1v) is 33.1. The minimum Gasteiger partial charge on any atom is -0.545 e. The Balaban J connectivity index is 3.89.